The third-order valence-corrected chi connectivity index (χ3v) is 5.26. The van der Waals surface area contributed by atoms with Crippen molar-refractivity contribution >= 4 is 11.7 Å². The lowest BCUT2D eigenvalue weighted by molar-refractivity contribution is 0.171. The molecule has 0 radical (unpaired) electrons. The van der Waals surface area contributed by atoms with Gasteiger partial charge in [-0.05, 0) is 31.2 Å². The molecule has 3 aromatic rings. The van der Waals surface area contributed by atoms with Crippen molar-refractivity contribution in [1.29, 1.82) is 5.26 Å². The lowest BCUT2D eigenvalue weighted by Gasteiger charge is -2.37. The molecule has 1 aliphatic rings. The van der Waals surface area contributed by atoms with Crippen LogP contribution in [0.25, 0.3) is 11.5 Å². The van der Waals surface area contributed by atoms with Crippen LogP contribution in [-0.2, 0) is 6.54 Å². The number of carbonyl (C=O) groups is 1. The molecule has 2 atom stereocenters. The first kappa shape index (κ1) is 18.6. The molecule has 9 heteroatoms. The fourth-order valence-electron chi connectivity index (χ4n) is 3.48. The highest BCUT2D eigenvalue weighted by atomic mass is 19.1. The number of anilines is 1. The lowest BCUT2D eigenvalue weighted by atomic mass is 9.90. The maximum atomic E-state index is 13.5. The van der Waals surface area contributed by atoms with E-state index in [1.165, 1.54) is 12.1 Å². The number of benzene rings is 1. The Labute approximate surface area is 166 Å². The van der Waals surface area contributed by atoms with Crippen LogP contribution in [0.1, 0.15) is 36.6 Å². The zero-order chi connectivity index (χ0) is 20.5. The predicted molar refractivity (Wildman–Crippen MR) is 103 cm³/mol. The Balaban J connectivity index is 1.62. The topological polar surface area (TPSA) is 111 Å². The van der Waals surface area contributed by atoms with Crippen molar-refractivity contribution in [3.8, 4) is 17.6 Å². The molecule has 1 aromatic carbocycles. The van der Waals surface area contributed by atoms with Crippen molar-refractivity contribution in [2.75, 3.05) is 5.32 Å². The first-order valence-corrected chi connectivity index (χ1v) is 9.11. The number of halogens is 1. The van der Waals surface area contributed by atoms with E-state index in [4.69, 9.17) is 5.26 Å². The predicted octanol–water partition coefficient (Wildman–Crippen LogP) is 3.42. The molecule has 2 aromatic heterocycles. The Morgan fingerprint density at radius 1 is 1.34 bits per heavy atom. The summed E-state index contributed by atoms with van der Waals surface area (Å²) in [7, 11) is 0. The molecule has 0 spiro atoms. The number of amides is 2. The van der Waals surface area contributed by atoms with E-state index in [2.05, 4.69) is 25.5 Å². The van der Waals surface area contributed by atoms with Crippen LogP contribution in [0.15, 0.2) is 36.7 Å². The average molecular weight is 391 g/mol. The Kier molecular flexibility index (Phi) is 4.68. The molecule has 2 N–H and O–H groups in total. The third-order valence-electron chi connectivity index (χ3n) is 5.26. The number of H-pyrrole nitrogens is 1. The van der Waals surface area contributed by atoms with Gasteiger partial charge in [0.05, 0.1) is 17.8 Å². The highest BCUT2D eigenvalue weighted by molar-refractivity contribution is 5.90. The molecule has 0 saturated carbocycles. The van der Waals surface area contributed by atoms with E-state index >= 15 is 0 Å². The summed E-state index contributed by atoms with van der Waals surface area (Å²) in [5.74, 6) is -0.123. The normalized spacial score (nSPS) is 18.1. The molecular weight excluding hydrogens is 373 g/mol. The summed E-state index contributed by atoms with van der Waals surface area (Å²) in [6.07, 6.45) is 3.30. The largest absolute Gasteiger partial charge is 0.322 e. The van der Waals surface area contributed by atoms with E-state index in [1.807, 2.05) is 13.8 Å². The van der Waals surface area contributed by atoms with Gasteiger partial charge in [0.25, 0.3) is 0 Å². The zero-order valence-electron chi connectivity index (χ0n) is 15.8. The van der Waals surface area contributed by atoms with Crippen LogP contribution >= 0.6 is 0 Å². The minimum absolute atomic E-state index is 0.0129. The van der Waals surface area contributed by atoms with Crippen molar-refractivity contribution in [3.63, 3.8) is 0 Å². The van der Waals surface area contributed by atoms with E-state index in [-0.39, 0.29) is 23.6 Å². The van der Waals surface area contributed by atoms with Crippen LogP contribution in [0.3, 0.4) is 0 Å². The van der Waals surface area contributed by atoms with Crippen molar-refractivity contribution in [2.45, 2.75) is 32.4 Å². The number of aromatic amines is 1. The first-order chi connectivity index (χ1) is 14.0. The van der Waals surface area contributed by atoms with Crippen molar-refractivity contribution in [1.82, 2.24) is 25.1 Å². The highest BCUT2D eigenvalue weighted by Crippen LogP contribution is 2.36. The van der Waals surface area contributed by atoms with Gasteiger partial charge in [-0.1, -0.05) is 6.92 Å². The summed E-state index contributed by atoms with van der Waals surface area (Å²) < 4.78 is 13.5. The molecule has 1 aliphatic heterocycles. The first-order valence-electron chi connectivity index (χ1n) is 9.11. The molecule has 146 valence electrons. The minimum Gasteiger partial charge on any atom is -0.317 e. The van der Waals surface area contributed by atoms with Gasteiger partial charge in [0.15, 0.2) is 5.82 Å². The molecule has 3 heterocycles. The smallest absolute Gasteiger partial charge is 0.317 e. The molecule has 29 heavy (non-hydrogen) atoms. The average Bonchev–Trinajstić information content (AvgIpc) is 3.16. The van der Waals surface area contributed by atoms with Crippen LogP contribution in [0.4, 0.5) is 14.9 Å². The number of rotatable bonds is 2. The van der Waals surface area contributed by atoms with Crippen LogP contribution in [0.5, 0.6) is 0 Å². The van der Waals surface area contributed by atoms with Gasteiger partial charge < -0.3 is 10.2 Å². The van der Waals surface area contributed by atoms with Crippen molar-refractivity contribution in [3.05, 3.63) is 59.3 Å². The number of nitriles is 1. The fourth-order valence-corrected chi connectivity index (χ4v) is 3.48. The second-order valence-electron chi connectivity index (χ2n) is 6.93. The number of hydrogen-bond acceptors (Lipinski definition) is 5. The summed E-state index contributed by atoms with van der Waals surface area (Å²) in [6.45, 7) is 4.28. The lowest BCUT2D eigenvalue weighted by Crippen LogP contribution is -2.46. The maximum Gasteiger partial charge on any atom is 0.322 e. The van der Waals surface area contributed by atoms with Crippen molar-refractivity contribution < 1.29 is 9.18 Å². The second-order valence-corrected chi connectivity index (χ2v) is 6.93. The fraction of sp³-hybridized carbons (Fsp3) is 0.250. The Bertz CT molecular complexity index is 1110. The Hall–Kier alpha value is -3.80. The van der Waals surface area contributed by atoms with Crippen LogP contribution in [0, 0.1) is 17.1 Å². The third kappa shape index (κ3) is 3.29. The molecule has 0 bridgehead atoms. The van der Waals surface area contributed by atoms with Gasteiger partial charge >= 0.3 is 6.03 Å². The number of nitrogens with one attached hydrogen (secondary N) is 2. The maximum absolute atomic E-state index is 13.5. The quantitative estimate of drug-likeness (QED) is 0.695. The van der Waals surface area contributed by atoms with Gasteiger partial charge in [-0.3, -0.25) is 5.10 Å². The molecule has 0 fully saturated rings. The molecular formula is C20H18FN7O. The number of fused-ring (bicyclic) bond motifs is 1. The standard InChI is InChI=1S/C20H18FN7O/c1-11-12(2)28(20(29)25-14-4-5-16(21)13(8-14)9-22)10-15-17(11)26-27-18(15)19-23-6-3-7-24-19/h3-8,11-12H,10H2,1-2H3,(H,25,29)(H,26,27)/t11-,12+/m0/s1. The molecule has 4 rings (SSSR count). The summed E-state index contributed by atoms with van der Waals surface area (Å²) in [5.41, 5.74) is 2.68. The molecule has 0 aliphatic carbocycles. The molecule has 2 amide bonds. The van der Waals surface area contributed by atoms with Crippen LogP contribution in [-0.4, -0.2) is 37.1 Å². The van der Waals surface area contributed by atoms with Crippen molar-refractivity contribution in [2.24, 2.45) is 0 Å². The number of hydrogen-bond donors (Lipinski definition) is 2. The van der Waals surface area contributed by atoms with E-state index in [0.717, 1.165) is 17.3 Å². The number of aromatic nitrogens is 4. The van der Waals surface area contributed by atoms with Crippen LogP contribution < -0.4 is 5.32 Å². The zero-order valence-corrected chi connectivity index (χ0v) is 15.8. The molecule has 0 saturated heterocycles. The minimum atomic E-state index is -0.624. The van der Waals surface area contributed by atoms with Gasteiger partial charge in [0.2, 0.25) is 0 Å². The number of nitrogens with zero attached hydrogens (tertiary/aromatic N) is 5. The number of urea groups is 1. The second kappa shape index (κ2) is 7.31. The van der Waals surface area contributed by atoms with E-state index in [0.29, 0.717) is 23.8 Å². The SMILES string of the molecule is C[C@@H]1c2n[nH]c(-c3ncccn3)c2CN(C(=O)Nc2ccc(F)c(C#N)c2)[C@@H]1C. The Morgan fingerprint density at radius 3 is 2.83 bits per heavy atom. The monoisotopic (exact) mass is 391 g/mol. The van der Waals surface area contributed by atoms with Gasteiger partial charge in [0.1, 0.15) is 17.6 Å². The van der Waals surface area contributed by atoms with Gasteiger partial charge in [-0.15, -0.1) is 0 Å². The van der Waals surface area contributed by atoms with E-state index in [1.54, 1.807) is 29.4 Å². The van der Waals surface area contributed by atoms with Crippen LogP contribution in [0.2, 0.25) is 0 Å². The highest BCUT2D eigenvalue weighted by Gasteiger charge is 2.36. The van der Waals surface area contributed by atoms with E-state index in [9.17, 15) is 9.18 Å². The summed E-state index contributed by atoms with van der Waals surface area (Å²) in [5, 5.41) is 19.2. The number of carbonyl (C=O) groups excluding carboxylic acids is 1. The van der Waals surface area contributed by atoms with E-state index < -0.39 is 5.82 Å². The summed E-state index contributed by atoms with van der Waals surface area (Å²) in [4.78, 5) is 23.2. The van der Waals surface area contributed by atoms with Gasteiger partial charge in [-0.25, -0.2) is 19.2 Å². The summed E-state index contributed by atoms with van der Waals surface area (Å²) >= 11 is 0. The molecule has 8 nitrogen and oxygen atoms in total. The molecule has 0 unspecified atom stereocenters. The Morgan fingerprint density at radius 2 is 2.10 bits per heavy atom. The van der Waals surface area contributed by atoms with Gasteiger partial charge in [0, 0.05) is 35.6 Å². The summed E-state index contributed by atoms with van der Waals surface area (Å²) in [6, 6.07) is 6.95. The van der Waals surface area contributed by atoms with Gasteiger partial charge in [-0.2, -0.15) is 10.4 Å².